The molecule has 98 valence electrons. The zero-order valence-electron chi connectivity index (χ0n) is 10.8. The Hall–Kier alpha value is -0.870. The van der Waals surface area contributed by atoms with Crippen LogP contribution in [0.2, 0.25) is 0 Å². The summed E-state index contributed by atoms with van der Waals surface area (Å²) in [5, 5.41) is 6.10. The van der Waals surface area contributed by atoms with Gasteiger partial charge in [-0.3, -0.25) is 4.79 Å². The minimum atomic E-state index is 0.0517. The van der Waals surface area contributed by atoms with E-state index in [2.05, 4.69) is 17.2 Å². The summed E-state index contributed by atoms with van der Waals surface area (Å²) in [5.41, 5.74) is 0.999. The fraction of sp³-hybridized carbons (Fsp3) is 0.769. The van der Waals surface area contributed by atoms with Gasteiger partial charge in [0.05, 0.1) is 19.8 Å². The van der Waals surface area contributed by atoms with Crippen LogP contribution in [0.4, 0.5) is 0 Å². The first-order valence-electron chi connectivity index (χ1n) is 6.40. The zero-order valence-corrected chi connectivity index (χ0v) is 10.8. The van der Waals surface area contributed by atoms with Gasteiger partial charge in [0.2, 0.25) is 5.91 Å². The summed E-state index contributed by atoms with van der Waals surface area (Å²) >= 11 is 0. The number of hydrogen-bond acceptors (Lipinski definition) is 3. The number of nitrogens with one attached hydrogen (secondary N) is 2. The van der Waals surface area contributed by atoms with Crippen molar-refractivity contribution in [2.45, 2.75) is 38.6 Å². The Bertz CT molecular complexity index is 248. The molecule has 0 aromatic heterocycles. The van der Waals surface area contributed by atoms with Crippen molar-refractivity contribution in [1.29, 1.82) is 0 Å². The molecule has 1 amide bonds. The molecule has 0 heterocycles. The lowest BCUT2D eigenvalue weighted by Gasteiger charge is -2.11. The van der Waals surface area contributed by atoms with Gasteiger partial charge in [0, 0.05) is 12.6 Å². The second-order valence-corrected chi connectivity index (χ2v) is 4.72. The van der Waals surface area contributed by atoms with Gasteiger partial charge in [0.25, 0.3) is 0 Å². The van der Waals surface area contributed by atoms with Gasteiger partial charge in [-0.15, -0.1) is 0 Å². The highest BCUT2D eigenvalue weighted by Crippen LogP contribution is 2.17. The number of ether oxygens (including phenoxy) is 1. The second-order valence-electron chi connectivity index (χ2n) is 4.72. The summed E-state index contributed by atoms with van der Waals surface area (Å²) in [6.07, 6.45) is 4.98. The normalized spacial score (nSPS) is 16.1. The first kappa shape index (κ1) is 14.2. The summed E-state index contributed by atoms with van der Waals surface area (Å²) in [7, 11) is 0. The molecule has 1 aliphatic rings. The fourth-order valence-corrected chi connectivity index (χ4v) is 1.94. The van der Waals surface area contributed by atoms with Crippen LogP contribution in [-0.4, -0.2) is 38.3 Å². The van der Waals surface area contributed by atoms with Crippen LogP contribution in [0.15, 0.2) is 12.2 Å². The van der Waals surface area contributed by atoms with Crippen LogP contribution in [0.1, 0.15) is 32.6 Å². The van der Waals surface area contributed by atoms with Crippen LogP contribution in [0.3, 0.4) is 0 Å². The summed E-state index contributed by atoms with van der Waals surface area (Å²) in [6.45, 7) is 7.76. The molecule has 0 aromatic rings. The Morgan fingerprint density at radius 3 is 2.76 bits per heavy atom. The zero-order chi connectivity index (χ0) is 12.5. The van der Waals surface area contributed by atoms with Gasteiger partial charge in [0.1, 0.15) is 0 Å². The van der Waals surface area contributed by atoms with Gasteiger partial charge in [-0.05, 0) is 19.8 Å². The van der Waals surface area contributed by atoms with E-state index in [4.69, 9.17) is 4.74 Å². The molecule has 0 aromatic carbocycles. The van der Waals surface area contributed by atoms with Crippen molar-refractivity contribution in [3.63, 3.8) is 0 Å². The SMILES string of the molecule is C=C(C)COCCNC(=O)CNC1CCCC1. The fourth-order valence-electron chi connectivity index (χ4n) is 1.94. The third-order valence-corrected chi connectivity index (χ3v) is 2.82. The lowest BCUT2D eigenvalue weighted by atomic mass is 10.2. The molecule has 0 atom stereocenters. The molecule has 2 N–H and O–H groups in total. The number of carbonyl (C=O) groups excluding carboxylic acids is 1. The van der Waals surface area contributed by atoms with Gasteiger partial charge in [-0.25, -0.2) is 0 Å². The van der Waals surface area contributed by atoms with Crippen LogP contribution in [0.25, 0.3) is 0 Å². The highest BCUT2D eigenvalue weighted by atomic mass is 16.5. The highest BCUT2D eigenvalue weighted by molar-refractivity contribution is 5.77. The maximum Gasteiger partial charge on any atom is 0.234 e. The molecule has 1 rings (SSSR count). The van der Waals surface area contributed by atoms with E-state index in [9.17, 15) is 4.79 Å². The van der Waals surface area contributed by atoms with Gasteiger partial charge in [0.15, 0.2) is 0 Å². The van der Waals surface area contributed by atoms with E-state index in [1.54, 1.807) is 0 Å². The predicted octanol–water partition coefficient (Wildman–Crippen LogP) is 1.23. The molecule has 4 nitrogen and oxygen atoms in total. The Balaban J connectivity index is 1.92. The Kier molecular flexibility index (Phi) is 6.89. The van der Waals surface area contributed by atoms with Crippen molar-refractivity contribution in [3.05, 3.63) is 12.2 Å². The summed E-state index contributed by atoms with van der Waals surface area (Å²) < 4.78 is 5.29. The summed E-state index contributed by atoms with van der Waals surface area (Å²) in [5.74, 6) is 0.0517. The van der Waals surface area contributed by atoms with Crippen LogP contribution in [0, 0.1) is 0 Å². The second kappa shape index (κ2) is 8.25. The van der Waals surface area contributed by atoms with E-state index < -0.39 is 0 Å². The summed E-state index contributed by atoms with van der Waals surface area (Å²) in [6, 6.07) is 0.542. The molecule has 0 bridgehead atoms. The monoisotopic (exact) mass is 240 g/mol. The molecule has 0 saturated heterocycles. The molecule has 17 heavy (non-hydrogen) atoms. The van der Waals surface area contributed by atoms with Crippen molar-refractivity contribution >= 4 is 5.91 Å². The molecule has 0 unspecified atom stereocenters. The average Bonchev–Trinajstić information content (AvgIpc) is 2.78. The number of rotatable bonds is 8. The number of carbonyl (C=O) groups is 1. The molecular weight excluding hydrogens is 216 g/mol. The molecule has 1 fully saturated rings. The van der Waals surface area contributed by atoms with Crippen LogP contribution in [0.5, 0.6) is 0 Å². The summed E-state index contributed by atoms with van der Waals surface area (Å²) in [4.78, 5) is 11.5. The van der Waals surface area contributed by atoms with E-state index in [0.717, 1.165) is 5.57 Å². The maximum atomic E-state index is 11.5. The smallest absolute Gasteiger partial charge is 0.234 e. The average molecular weight is 240 g/mol. The molecule has 0 radical (unpaired) electrons. The minimum Gasteiger partial charge on any atom is -0.375 e. The van der Waals surface area contributed by atoms with Gasteiger partial charge >= 0.3 is 0 Å². The lowest BCUT2D eigenvalue weighted by Crippen LogP contribution is -2.39. The Labute approximate surface area is 104 Å². The largest absolute Gasteiger partial charge is 0.375 e. The van der Waals surface area contributed by atoms with Crippen LogP contribution >= 0.6 is 0 Å². The Morgan fingerprint density at radius 1 is 1.41 bits per heavy atom. The lowest BCUT2D eigenvalue weighted by molar-refractivity contribution is -0.120. The molecule has 0 aliphatic heterocycles. The first-order chi connectivity index (χ1) is 8.18. The van der Waals surface area contributed by atoms with Gasteiger partial charge in [-0.2, -0.15) is 0 Å². The van der Waals surface area contributed by atoms with E-state index in [1.165, 1.54) is 25.7 Å². The van der Waals surface area contributed by atoms with E-state index in [-0.39, 0.29) is 5.91 Å². The molecule has 4 heteroatoms. The third kappa shape index (κ3) is 7.13. The molecule has 0 spiro atoms. The topological polar surface area (TPSA) is 50.4 Å². The van der Waals surface area contributed by atoms with Crippen molar-refractivity contribution in [3.8, 4) is 0 Å². The van der Waals surface area contributed by atoms with Crippen LogP contribution < -0.4 is 10.6 Å². The molecule has 1 aliphatic carbocycles. The highest BCUT2D eigenvalue weighted by Gasteiger charge is 2.14. The van der Waals surface area contributed by atoms with E-state index in [0.29, 0.717) is 32.3 Å². The van der Waals surface area contributed by atoms with Crippen molar-refractivity contribution in [2.24, 2.45) is 0 Å². The van der Waals surface area contributed by atoms with Crippen molar-refractivity contribution in [1.82, 2.24) is 10.6 Å². The van der Waals surface area contributed by atoms with E-state index >= 15 is 0 Å². The Morgan fingerprint density at radius 2 is 2.12 bits per heavy atom. The number of amides is 1. The van der Waals surface area contributed by atoms with Crippen molar-refractivity contribution < 1.29 is 9.53 Å². The van der Waals surface area contributed by atoms with Gasteiger partial charge in [-0.1, -0.05) is 25.0 Å². The number of hydrogen-bond donors (Lipinski definition) is 2. The first-order valence-corrected chi connectivity index (χ1v) is 6.40. The maximum absolute atomic E-state index is 11.5. The molecular formula is C13H24N2O2. The quantitative estimate of drug-likeness (QED) is 0.495. The van der Waals surface area contributed by atoms with Gasteiger partial charge < -0.3 is 15.4 Å². The van der Waals surface area contributed by atoms with Crippen molar-refractivity contribution in [2.75, 3.05) is 26.3 Å². The predicted molar refractivity (Wildman–Crippen MR) is 68.9 cm³/mol. The van der Waals surface area contributed by atoms with E-state index in [1.807, 2.05) is 6.92 Å². The van der Waals surface area contributed by atoms with Crippen LogP contribution in [-0.2, 0) is 9.53 Å². The standard InChI is InChI=1S/C13H24N2O2/c1-11(2)10-17-8-7-14-13(16)9-15-12-5-3-4-6-12/h12,15H,1,3-10H2,2H3,(H,14,16). The molecule has 1 saturated carbocycles. The minimum absolute atomic E-state index is 0.0517. The third-order valence-electron chi connectivity index (χ3n) is 2.82.